The molecule has 0 saturated carbocycles. The van der Waals surface area contributed by atoms with Gasteiger partial charge in [0.2, 0.25) is 25.4 Å². The molecular formula is C53H68N4O12P+. The van der Waals surface area contributed by atoms with Crippen LogP contribution in [0.2, 0.25) is 0 Å². The van der Waals surface area contributed by atoms with Crippen molar-refractivity contribution in [2.24, 2.45) is 15.8 Å². The van der Waals surface area contributed by atoms with Crippen molar-refractivity contribution in [1.82, 2.24) is 15.5 Å². The molecule has 3 aromatic rings. The molecule has 0 spiro atoms. The molecule has 16 nitrogen and oxygen atoms in total. The zero-order valence-electron chi connectivity index (χ0n) is 41.5. The van der Waals surface area contributed by atoms with Crippen LogP contribution < -0.4 is 10.6 Å². The minimum atomic E-state index is -4.11. The number of hydrogen-bond donors (Lipinski definition) is 2. The predicted octanol–water partition coefficient (Wildman–Crippen LogP) is 8.98. The number of aliphatic imine (C=N–C) groups is 1. The first-order valence-corrected chi connectivity index (χ1v) is 25.8. The summed E-state index contributed by atoms with van der Waals surface area (Å²) in [6, 6.07) is 19.4. The topological polar surface area (TPSA) is 205 Å². The van der Waals surface area contributed by atoms with Gasteiger partial charge in [0.1, 0.15) is 24.7 Å². The molecule has 0 aromatic heterocycles. The summed E-state index contributed by atoms with van der Waals surface area (Å²) in [4.78, 5) is 87.0. The molecule has 3 aromatic carbocycles. The zero-order valence-corrected chi connectivity index (χ0v) is 42.3. The Balaban J connectivity index is 1.21. The van der Waals surface area contributed by atoms with Crippen molar-refractivity contribution in [2.45, 2.75) is 143 Å². The third-order valence-electron chi connectivity index (χ3n) is 12.7. The number of rotatable bonds is 18. The van der Waals surface area contributed by atoms with Crippen molar-refractivity contribution >= 4 is 49.1 Å². The Morgan fingerprint density at radius 3 is 1.90 bits per heavy atom. The molecule has 0 bridgehead atoms. The summed E-state index contributed by atoms with van der Waals surface area (Å²) in [5.74, 6) is -2.78. The van der Waals surface area contributed by atoms with Gasteiger partial charge in [-0.2, -0.15) is 0 Å². The maximum absolute atomic E-state index is 14.5. The number of alkyl carbamates (subject to hydrolysis) is 1. The van der Waals surface area contributed by atoms with E-state index in [-0.39, 0.29) is 43.0 Å². The summed E-state index contributed by atoms with van der Waals surface area (Å²) in [7, 11) is -4.11. The first kappa shape index (κ1) is 53.5. The SMILES string of the molecule is [CH2+]CCC(C)=NC(=O)C1CCC2CCCCC(NC(=O)C(Cc3ccc(CP(=O)(OCOC(=O)C(C)(C)C)OCOC(=O)C(C)(C)C)cc3)NC(=O)OCC3c4ccccc4-c4ccccc43)C(=O)N21. The lowest BCUT2D eigenvalue weighted by molar-refractivity contribution is -0.162. The second-order valence-electron chi connectivity index (χ2n) is 20.3. The number of esters is 2. The average Bonchev–Trinajstić information content (AvgIpc) is 3.87. The van der Waals surface area contributed by atoms with Crippen LogP contribution in [0, 0.1) is 17.8 Å². The third kappa shape index (κ3) is 13.9. The third-order valence-corrected chi connectivity index (χ3v) is 14.4. The van der Waals surface area contributed by atoms with Gasteiger partial charge in [-0.25, -0.2) is 9.79 Å². The number of carbonyl (C=O) groups excluding carboxylic acids is 6. The highest BCUT2D eigenvalue weighted by molar-refractivity contribution is 7.53. The number of fused-ring (bicyclic) bond motifs is 4. The molecule has 2 saturated heterocycles. The van der Waals surface area contributed by atoms with Crippen LogP contribution in [-0.4, -0.2) is 90.7 Å². The fourth-order valence-electron chi connectivity index (χ4n) is 8.87. The van der Waals surface area contributed by atoms with Crippen molar-refractivity contribution in [3.63, 3.8) is 0 Å². The summed E-state index contributed by atoms with van der Waals surface area (Å²) in [5.41, 5.74) is 4.15. The van der Waals surface area contributed by atoms with Crippen LogP contribution in [0.4, 0.5) is 4.79 Å². The van der Waals surface area contributed by atoms with E-state index in [2.05, 4.69) is 22.5 Å². The minimum Gasteiger partial charge on any atom is -0.449 e. The first-order chi connectivity index (χ1) is 33.2. The molecule has 0 radical (unpaired) electrons. The van der Waals surface area contributed by atoms with Gasteiger partial charge in [0.05, 0.1) is 30.3 Å². The Hall–Kier alpha value is -5.83. The lowest BCUT2D eigenvalue weighted by atomic mass is 9.98. The van der Waals surface area contributed by atoms with Crippen LogP contribution in [0.15, 0.2) is 77.8 Å². The number of ether oxygens (including phenoxy) is 3. The largest absolute Gasteiger partial charge is 0.449 e. The Morgan fingerprint density at radius 2 is 1.33 bits per heavy atom. The Morgan fingerprint density at radius 1 is 0.771 bits per heavy atom. The van der Waals surface area contributed by atoms with E-state index in [1.54, 1.807) is 77.6 Å². The maximum Gasteiger partial charge on any atom is 0.407 e. The lowest BCUT2D eigenvalue weighted by Gasteiger charge is -2.35. The molecule has 1 aliphatic carbocycles. The van der Waals surface area contributed by atoms with Crippen molar-refractivity contribution in [2.75, 3.05) is 20.2 Å². The van der Waals surface area contributed by atoms with E-state index >= 15 is 0 Å². The van der Waals surface area contributed by atoms with Crippen molar-refractivity contribution < 1.29 is 56.6 Å². The smallest absolute Gasteiger partial charge is 0.407 e. The number of nitrogens with zero attached hydrogens (tertiary/aromatic N) is 2. The fourth-order valence-corrected chi connectivity index (χ4v) is 10.2. The first-order valence-electron chi connectivity index (χ1n) is 24.1. The van der Waals surface area contributed by atoms with Crippen LogP contribution in [0.1, 0.15) is 128 Å². The molecule has 2 fully saturated rings. The van der Waals surface area contributed by atoms with E-state index in [1.165, 1.54) is 0 Å². The van der Waals surface area contributed by atoms with E-state index in [4.69, 9.17) is 23.3 Å². The highest BCUT2D eigenvalue weighted by Gasteiger charge is 2.44. The normalized spacial score (nSPS) is 18.9. The molecule has 17 heteroatoms. The lowest BCUT2D eigenvalue weighted by Crippen LogP contribution is -2.58. The highest BCUT2D eigenvalue weighted by atomic mass is 31.2. The molecular weight excluding hydrogens is 916 g/mol. The number of carbonyl (C=O) groups is 6. The fraction of sp³-hybridized carbons (Fsp3) is 0.509. The molecule has 4 unspecified atom stereocenters. The average molecular weight is 984 g/mol. The van der Waals surface area contributed by atoms with E-state index in [9.17, 15) is 33.3 Å². The van der Waals surface area contributed by atoms with Gasteiger partial charge in [-0.3, -0.25) is 37.6 Å². The Kier molecular flexibility index (Phi) is 17.9. The quantitative estimate of drug-likeness (QED) is 0.0306. The van der Waals surface area contributed by atoms with Gasteiger partial charge in [0.25, 0.3) is 5.91 Å². The molecule has 6 rings (SSSR count). The summed E-state index contributed by atoms with van der Waals surface area (Å²) in [6.07, 6.45) is 3.63. The van der Waals surface area contributed by atoms with E-state index < -0.39 is 74.1 Å². The van der Waals surface area contributed by atoms with Crippen LogP contribution in [0.25, 0.3) is 11.1 Å². The van der Waals surface area contributed by atoms with Crippen LogP contribution in [0.5, 0.6) is 0 Å². The molecule has 376 valence electrons. The van der Waals surface area contributed by atoms with Gasteiger partial charge in [-0.1, -0.05) is 85.6 Å². The summed E-state index contributed by atoms with van der Waals surface area (Å²) < 4.78 is 41.4. The summed E-state index contributed by atoms with van der Waals surface area (Å²) in [5, 5.41) is 5.71. The second-order valence-corrected chi connectivity index (χ2v) is 22.4. The van der Waals surface area contributed by atoms with Gasteiger partial charge in [0, 0.05) is 30.5 Å². The molecule has 3 aliphatic rings. The highest BCUT2D eigenvalue weighted by Crippen LogP contribution is 2.52. The van der Waals surface area contributed by atoms with E-state index in [1.807, 2.05) is 48.5 Å². The number of benzene rings is 3. The Labute approximate surface area is 411 Å². The standard InChI is InChI=1S/C53H67N4O12P/c1-9-16-34(2)54-47(59)45-28-27-37-17-10-15-22-43(48(60)57(37)45)55-46(58)44(56-51(63)65-30-42-40-20-13-11-18-38(40)39-19-12-14-21-41(39)42)29-35-23-25-36(26-24-35)31-70(64,68-32-66-49(61)52(3,4)5)69-33-67-50(62)53(6,7)8/h11-14,18-21,23-26,37,42-45H,1,9-10,15-17,22,27-33H2,2-8H3,(H-,55,56,58,63)/p+1. The monoisotopic (exact) mass is 983 g/mol. The number of amides is 4. The molecule has 2 N–H and O–H groups in total. The predicted molar refractivity (Wildman–Crippen MR) is 263 cm³/mol. The van der Waals surface area contributed by atoms with Gasteiger partial charge >= 0.3 is 25.6 Å². The van der Waals surface area contributed by atoms with Crippen molar-refractivity contribution in [3.8, 4) is 11.1 Å². The summed E-state index contributed by atoms with van der Waals surface area (Å²) >= 11 is 0. The van der Waals surface area contributed by atoms with Crippen LogP contribution in [0.3, 0.4) is 0 Å². The van der Waals surface area contributed by atoms with Crippen molar-refractivity contribution in [1.29, 1.82) is 0 Å². The molecule has 4 amide bonds. The van der Waals surface area contributed by atoms with Gasteiger partial charge in [-0.15, -0.1) is 0 Å². The molecule has 2 heterocycles. The number of hydrogen-bond acceptors (Lipinski definition) is 12. The van der Waals surface area contributed by atoms with Crippen LogP contribution >= 0.6 is 7.60 Å². The van der Waals surface area contributed by atoms with E-state index in [0.717, 1.165) is 35.1 Å². The van der Waals surface area contributed by atoms with Gasteiger partial charge in [-0.05, 0) is 108 Å². The zero-order chi connectivity index (χ0) is 50.8. The minimum absolute atomic E-state index is 0.00149. The maximum atomic E-state index is 14.5. The second kappa shape index (κ2) is 23.4. The van der Waals surface area contributed by atoms with Crippen LogP contribution in [-0.2, 0) is 64.4 Å². The molecule has 70 heavy (non-hydrogen) atoms. The van der Waals surface area contributed by atoms with E-state index in [0.29, 0.717) is 55.4 Å². The number of nitrogens with one attached hydrogen (secondary N) is 2. The molecule has 4 atom stereocenters. The Bertz CT molecular complexity index is 2380. The van der Waals surface area contributed by atoms with Crippen molar-refractivity contribution in [3.05, 3.63) is 102 Å². The van der Waals surface area contributed by atoms with Gasteiger partial charge < -0.3 is 29.7 Å². The van der Waals surface area contributed by atoms with Gasteiger partial charge in [0.15, 0.2) is 0 Å². The summed E-state index contributed by atoms with van der Waals surface area (Å²) in [6.45, 7) is 14.2. The molecule has 2 aliphatic heterocycles.